The van der Waals surface area contributed by atoms with Crippen molar-refractivity contribution in [3.05, 3.63) is 47.9 Å². The Morgan fingerprint density at radius 1 is 1.43 bits per heavy atom. The standard InChI is InChI=1S/C16H20N2O3/c1-11(5-7-13-4-3-9-21-13)18-16(19)14-8-6-12(17)10-15(14)20-2/h3-4,6,8-11H,5,7,17H2,1-2H3,(H,18,19). The molecular formula is C16H20N2O3. The second-order valence-corrected chi connectivity index (χ2v) is 4.95. The molecule has 0 saturated carbocycles. The van der Waals surface area contributed by atoms with E-state index in [0.29, 0.717) is 17.0 Å². The summed E-state index contributed by atoms with van der Waals surface area (Å²) in [4.78, 5) is 12.3. The lowest BCUT2D eigenvalue weighted by Gasteiger charge is -2.15. The molecule has 0 radical (unpaired) electrons. The molecule has 1 atom stereocenters. The molecule has 1 unspecified atom stereocenters. The summed E-state index contributed by atoms with van der Waals surface area (Å²) in [6, 6.07) is 8.82. The number of aryl methyl sites for hydroxylation is 1. The van der Waals surface area contributed by atoms with Gasteiger partial charge in [-0.25, -0.2) is 0 Å². The van der Waals surface area contributed by atoms with E-state index in [2.05, 4.69) is 5.32 Å². The van der Waals surface area contributed by atoms with E-state index in [-0.39, 0.29) is 11.9 Å². The number of benzene rings is 1. The summed E-state index contributed by atoms with van der Waals surface area (Å²) in [5.74, 6) is 1.23. The maximum absolute atomic E-state index is 12.3. The minimum absolute atomic E-state index is 0.0323. The van der Waals surface area contributed by atoms with Crippen LogP contribution in [0.2, 0.25) is 0 Å². The van der Waals surface area contributed by atoms with Crippen molar-refractivity contribution in [2.24, 2.45) is 0 Å². The Balaban J connectivity index is 1.94. The van der Waals surface area contributed by atoms with Gasteiger partial charge in [-0.15, -0.1) is 0 Å². The van der Waals surface area contributed by atoms with Crippen molar-refractivity contribution in [1.29, 1.82) is 0 Å². The summed E-state index contributed by atoms with van der Waals surface area (Å²) < 4.78 is 10.5. The molecule has 5 heteroatoms. The van der Waals surface area contributed by atoms with Gasteiger partial charge in [-0.3, -0.25) is 4.79 Å². The molecule has 0 spiro atoms. The summed E-state index contributed by atoms with van der Waals surface area (Å²) in [7, 11) is 1.52. The summed E-state index contributed by atoms with van der Waals surface area (Å²) >= 11 is 0. The number of furan rings is 1. The third-order valence-electron chi connectivity index (χ3n) is 3.25. The Bertz CT molecular complexity index is 594. The van der Waals surface area contributed by atoms with Crippen molar-refractivity contribution in [1.82, 2.24) is 5.32 Å². The van der Waals surface area contributed by atoms with Crippen LogP contribution in [0, 0.1) is 0 Å². The number of nitrogens with two attached hydrogens (primary N) is 1. The van der Waals surface area contributed by atoms with Crippen LogP contribution in [-0.4, -0.2) is 19.1 Å². The predicted molar refractivity (Wildman–Crippen MR) is 81.4 cm³/mol. The first-order valence-corrected chi connectivity index (χ1v) is 6.87. The van der Waals surface area contributed by atoms with Gasteiger partial charge >= 0.3 is 0 Å². The number of rotatable bonds is 6. The van der Waals surface area contributed by atoms with Crippen molar-refractivity contribution in [2.45, 2.75) is 25.8 Å². The number of nitrogen functional groups attached to an aromatic ring is 1. The molecule has 1 amide bonds. The Morgan fingerprint density at radius 2 is 2.24 bits per heavy atom. The highest BCUT2D eigenvalue weighted by Gasteiger charge is 2.15. The number of carbonyl (C=O) groups excluding carboxylic acids is 1. The normalized spacial score (nSPS) is 11.9. The highest BCUT2D eigenvalue weighted by atomic mass is 16.5. The maximum Gasteiger partial charge on any atom is 0.255 e. The van der Waals surface area contributed by atoms with E-state index in [1.54, 1.807) is 24.5 Å². The van der Waals surface area contributed by atoms with Gasteiger partial charge in [-0.1, -0.05) is 0 Å². The first-order valence-electron chi connectivity index (χ1n) is 6.87. The largest absolute Gasteiger partial charge is 0.496 e. The van der Waals surface area contributed by atoms with Crippen LogP contribution in [-0.2, 0) is 6.42 Å². The Labute approximate surface area is 124 Å². The van der Waals surface area contributed by atoms with Gasteiger partial charge in [0, 0.05) is 24.2 Å². The molecule has 0 aliphatic heterocycles. The predicted octanol–water partition coefficient (Wildman–Crippen LogP) is 2.62. The highest BCUT2D eigenvalue weighted by Crippen LogP contribution is 2.21. The number of nitrogens with one attached hydrogen (secondary N) is 1. The third kappa shape index (κ3) is 4.02. The summed E-state index contributed by atoms with van der Waals surface area (Å²) in [6.07, 6.45) is 3.24. The van der Waals surface area contributed by atoms with E-state index < -0.39 is 0 Å². The molecular weight excluding hydrogens is 268 g/mol. The van der Waals surface area contributed by atoms with Gasteiger partial charge in [0.1, 0.15) is 11.5 Å². The van der Waals surface area contributed by atoms with E-state index in [0.717, 1.165) is 18.6 Å². The Morgan fingerprint density at radius 3 is 2.90 bits per heavy atom. The van der Waals surface area contributed by atoms with E-state index >= 15 is 0 Å². The van der Waals surface area contributed by atoms with Crippen LogP contribution in [0.15, 0.2) is 41.0 Å². The number of hydrogen-bond acceptors (Lipinski definition) is 4. The molecule has 1 heterocycles. The lowest BCUT2D eigenvalue weighted by molar-refractivity contribution is 0.0935. The number of anilines is 1. The second kappa shape index (κ2) is 6.83. The molecule has 0 saturated heterocycles. The first-order chi connectivity index (χ1) is 10.1. The quantitative estimate of drug-likeness (QED) is 0.801. The van der Waals surface area contributed by atoms with Gasteiger partial charge in [0.25, 0.3) is 5.91 Å². The topological polar surface area (TPSA) is 77.5 Å². The average Bonchev–Trinajstić information content (AvgIpc) is 2.98. The summed E-state index contributed by atoms with van der Waals surface area (Å²) in [5.41, 5.74) is 6.73. The molecule has 3 N–H and O–H groups in total. The van der Waals surface area contributed by atoms with Gasteiger partial charge in [0.05, 0.1) is 18.9 Å². The molecule has 1 aromatic heterocycles. The van der Waals surface area contributed by atoms with Gasteiger partial charge < -0.3 is 20.2 Å². The van der Waals surface area contributed by atoms with E-state index in [1.807, 2.05) is 19.1 Å². The van der Waals surface area contributed by atoms with E-state index in [1.165, 1.54) is 7.11 Å². The molecule has 112 valence electrons. The molecule has 0 aliphatic carbocycles. The molecule has 0 fully saturated rings. The lowest BCUT2D eigenvalue weighted by Crippen LogP contribution is -2.33. The zero-order chi connectivity index (χ0) is 15.2. The fraction of sp³-hybridized carbons (Fsp3) is 0.312. The molecule has 2 aromatic rings. The smallest absolute Gasteiger partial charge is 0.255 e. The van der Waals surface area contributed by atoms with Crippen LogP contribution in [0.3, 0.4) is 0 Å². The Kier molecular flexibility index (Phi) is 4.87. The van der Waals surface area contributed by atoms with Gasteiger partial charge in [0.15, 0.2) is 0 Å². The fourth-order valence-electron chi connectivity index (χ4n) is 2.08. The molecule has 0 aliphatic rings. The fourth-order valence-corrected chi connectivity index (χ4v) is 2.08. The van der Waals surface area contributed by atoms with Crippen molar-refractivity contribution in [2.75, 3.05) is 12.8 Å². The van der Waals surface area contributed by atoms with Crippen molar-refractivity contribution in [3.8, 4) is 5.75 Å². The number of methoxy groups -OCH3 is 1. The van der Waals surface area contributed by atoms with Gasteiger partial charge in [-0.2, -0.15) is 0 Å². The molecule has 1 aromatic carbocycles. The minimum atomic E-state index is -0.168. The second-order valence-electron chi connectivity index (χ2n) is 4.95. The van der Waals surface area contributed by atoms with Crippen LogP contribution in [0.4, 0.5) is 5.69 Å². The minimum Gasteiger partial charge on any atom is -0.496 e. The van der Waals surface area contributed by atoms with Crippen molar-refractivity contribution >= 4 is 11.6 Å². The van der Waals surface area contributed by atoms with Crippen molar-refractivity contribution in [3.63, 3.8) is 0 Å². The van der Waals surface area contributed by atoms with Crippen LogP contribution in [0.25, 0.3) is 0 Å². The maximum atomic E-state index is 12.3. The van der Waals surface area contributed by atoms with E-state index in [9.17, 15) is 4.79 Å². The molecule has 0 bridgehead atoms. The number of ether oxygens (including phenoxy) is 1. The first kappa shape index (κ1) is 15.0. The highest BCUT2D eigenvalue weighted by molar-refractivity contribution is 5.97. The SMILES string of the molecule is COc1cc(N)ccc1C(=O)NC(C)CCc1ccco1. The zero-order valence-corrected chi connectivity index (χ0v) is 12.3. The lowest BCUT2D eigenvalue weighted by atomic mass is 10.1. The van der Waals surface area contributed by atoms with Crippen LogP contribution in [0.5, 0.6) is 5.75 Å². The third-order valence-corrected chi connectivity index (χ3v) is 3.25. The summed E-state index contributed by atoms with van der Waals surface area (Å²) in [6.45, 7) is 1.96. The number of amides is 1. The summed E-state index contributed by atoms with van der Waals surface area (Å²) in [5, 5.41) is 2.95. The zero-order valence-electron chi connectivity index (χ0n) is 12.3. The van der Waals surface area contributed by atoms with Crippen LogP contribution in [0.1, 0.15) is 29.5 Å². The van der Waals surface area contributed by atoms with Crippen molar-refractivity contribution < 1.29 is 13.9 Å². The number of hydrogen-bond donors (Lipinski definition) is 2. The van der Waals surface area contributed by atoms with Gasteiger partial charge in [0.2, 0.25) is 0 Å². The monoisotopic (exact) mass is 288 g/mol. The van der Waals surface area contributed by atoms with Crippen LogP contribution >= 0.6 is 0 Å². The van der Waals surface area contributed by atoms with Crippen LogP contribution < -0.4 is 15.8 Å². The Hall–Kier alpha value is -2.43. The molecule has 5 nitrogen and oxygen atoms in total. The number of carbonyl (C=O) groups is 1. The van der Waals surface area contributed by atoms with Gasteiger partial charge in [-0.05, 0) is 37.6 Å². The molecule has 2 rings (SSSR count). The molecule has 21 heavy (non-hydrogen) atoms. The average molecular weight is 288 g/mol. The van der Waals surface area contributed by atoms with E-state index in [4.69, 9.17) is 14.9 Å².